The normalized spacial score (nSPS) is 12.3. The first kappa shape index (κ1) is 14.3. The van der Waals surface area contributed by atoms with Gasteiger partial charge in [0.15, 0.2) is 0 Å². The average molecular weight is 253 g/mol. The minimum atomic E-state index is -0.610. The maximum atomic E-state index is 11.8. The van der Waals surface area contributed by atoms with Gasteiger partial charge in [-0.25, -0.2) is 0 Å². The number of hydrogen-bond donors (Lipinski definition) is 3. The third-order valence-corrected chi connectivity index (χ3v) is 2.69. The standard InChI is InChI=1S/C13H19NO4/c1-8(2)12(16)7-14-13(17)10-6-9(18-3)4-5-11(10)15/h4-6,8,12,15-16H,7H2,1-3H3,(H,14,17). The predicted octanol–water partition coefficient (Wildman–Crippen LogP) is 1.15. The number of aliphatic hydroxyl groups excluding tert-OH is 1. The molecule has 1 amide bonds. The van der Waals surface area contributed by atoms with Crippen LogP contribution in [0.2, 0.25) is 0 Å². The topological polar surface area (TPSA) is 78.8 Å². The summed E-state index contributed by atoms with van der Waals surface area (Å²) in [6.45, 7) is 3.87. The van der Waals surface area contributed by atoms with Crippen LogP contribution < -0.4 is 10.1 Å². The molecule has 5 heteroatoms. The molecule has 0 saturated carbocycles. The van der Waals surface area contributed by atoms with Gasteiger partial charge < -0.3 is 20.3 Å². The Morgan fingerprint density at radius 3 is 2.67 bits per heavy atom. The number of phenolic OH excluding ortho intramolecular Hbond substituents is 1. The molecule has 1 rings (SSSR count). The Kier molecular flexibility index (Phi) is 4.97. The van der Waals surface area contributed by atoms with Gasteiger partial charge >= 0.3 is 0 Å². The van der Waals surface area contributed by atoms with E-state index in [0.29, 0.717) is 5.75 Å². The first-order chi connectivity index (χ1) is 8.45. The van der Waals surface area contributed by atoms with Crippen LogP contribution in [0.25, 0.3) is 0 Å². The van der Waals surface area contributed by atoms with Gasteiger partial charge in [-0.1, -0.05) is 13.8 Å². The Morgan fingerprint density at radius 2 is 2.11 bits per heavy atom. The summed E-state index contributed by atoms with van der Waals surface area (Å²) >= 11 is 0. The van der Waals surface area contributed by atoms with Crippen molar-refractivity contribution in [2.24, 2.45) is 5.92 Å². The van der Waals surface area contributed by atoms with Gasteiger partial charge in [-0.2, -0.15) is 0 Å². The van der Waals surface area contributed by atoms with Gasteiger partial charge in [0.05, 0.1) is 18.8 Å². The van der Waals surface area contributed by atoms with Crippen LogP contribution in [0, 0.1) is 5.92 Å². The third kappa shape index (κ3) is 3.63. The molecule has 0 radical (unpaired) electrons. The van der Waals surface area contributed by atoms with E-state index in [2.05, 4.69) is 5.32 Å². The summed E-state index contributed by atoms with van der Waals surface area (Å²) < 4.78 is 4.98. The van der Waals surface area contributed by atoms with E-state index in [-0.39, 0.29) is 23.8 Å². The van der Waals surface area contributed by atoms with E-state index in [4.69, 9.17) is 4.74 Å². The number of aliphatic hydroxyl groups is 1. The van der Waals surface area contributed by atoms with Crippen molar-refractivity contribution < 1.29 is 19.7 Å². The van der Waals surface area contributed by atoms with E-state index < -0.39 is 12.0 Å². The molecule has 0 bridgehead atoms. The van der Waals surface area contributed by atoms with Gasteiger partial charge in [0, 0.05) is 6.54 Å². The highest BCUT2D eigenvalue weighted by Crippen LogP contribution is 2.22. The molecule has 0 saturated heterocycles. The number of hydrogen-bond acceptors (Lipinski definition) is 4. The molecule has 3 N–H and O–H groups in total. The van der Waals surface area contributed by atoms with Crippen molar-refractivity contribution in [1.29, 1.82) is 0 Å². The zero-order valence-corrected chi connectivity index (χ0v) is 10.8. The van der Waals surface area contributed by atoms with Crippen molar-refractivity contribution in [3.63, 3.8) is 0 Å². The summed E-state index contributed by atoms with van der Waals surface area (Å²) in [5.41, 5.74) is 0.130. The van der Waals surface area contributed by atoms with E-state index in [1.54, 1.807) is 6.07 Å². The molecular weight excluding hydrogens is 234 g/mol. The Balaban J connectivity index is 2.72. The summed E-state index contributed by atoms with van der Waals surface area (Å²) in [5.74, 6) is -0.00926. The first-order valence-corrected chi connectivity index (χ1v) is 5.79. The highest BCUT2D eigenvalue weighted by atomic mass is 16.5. The quantitative estimate of drug-likeness (QED) is 0.735. The molecule has 0 fully saturated rings. The molecule has 5 nitrogen and oxygen atoms in total. The van der Waals surface area contributed by atoms with Crippen molar-refractivity contribution in [2.45, 2.75) is 20.0 Å². The number of methoxy groups -OCH3 is 1. The van der Waals surface area contributed by atoms with Crippen LogP contribution in [0.15, 0.2) is 18.2 Å². The lowest BCUT2D eigenvalue weighted by Gasteiger charge is -2.15. The summed E-state index contributed by atoms with van der Waals surface area (Å²) in [6.07, 6.45) is -0.610. The van der Waals surface area contributed by atoms with E-state index in [1.807, 2.05) is 13.8 Å². The van der Waals surface area contributed by atoms with E-state index >= 15 is 0 Å². The van der Waals surface area contributed by atoms with E-state index in [0.717, 1.165) is 0 Å². The minimum absolute atomic E-state index is 0.0595. The van der Waals surface area contributed by atoms with Crippen molar-refractivity contribution in [3.8, 4) is 11.5 Å². The second-order valence-corrected chi connectivity index (χ2v) is 4.40. The molecule has 18 heavy (non-hydrogen) atoms. The van der Waals surface area contributed by atoms with Gasteiger partial charge in [-0.15, -0.1) is 0 Å². The lowest BCUT2D eigenvalue weighted by molar-refractivity contribution is 0.0869. The number of benzene rings is 1. The number of carbonyl (C=O) groups excluding carboxylic acids is 1. The summed E-state index contributed by atoms with van der Waals surface area (Å²) in [5, 5.41) is 21.8. The number of aromatic hydroxyl groups is 1. The molecule has 0 spiro atoms. The Morgan fingerprint density at radius 1 is 1.44 bits per heavy atom. The van der Waals surface area contributed by atoms with Gasteiger partial charge in [0.1, 0.15) is 11.5 Å². The van der Waals surface area contributed by atoms with Crippen LogP contribution in [0.4, 0.5) is 0 Å². The SMILES string of the molecule is COc1ccc(O)c(C(=O)NCC(O)C(C)C)c1. The molecule has 0 aliphatic carbocycles. The third-order valence-electron chi connectivity index (χ3n) is 2.69. The molecular formula is C13H19NO4. The van der Waals surface area contributed by atoms with Crippen molar-refractivity contribution in [3.05, 3.63) is 23.8 Å². The van der Waals surface area contributed by atoms with E-state index in [1.165, 1.54) is 19.2 Å². The highest BCUT2D eigenvalue weighted by Gasteiger charge is 2.15. The molecule has 1 aromatic carbocycles. The number of nitrogens with one attached hydrogen (secondary N) is 1. The molecule has 1 atom stereocenters. The molecule has 100 valence electrons. The molecule has 1 unspecified atom stereocenters. The zero-order chi connectivity index (χ0) is 13.7. The van der Waals surface area contributed by atoms with Crippen LogP contribution in [0.1, 0.15) is 24.2 Å². The summed E-state index contributed by atoms with van der Waals surface area (Å²) in [4.78, 5) is 11.8. The maximum absolute atomic E-state index is 11.8. The molecule has 0 heterocycles. The minimum Gasteiger partial charge on any atom is -0.507 e. The van der Waals surface area contributed by atoms with Crippen LogP contribution in [0.3, 0.4) is 0 Å². The number of ether oxygens (including phenoxy) is 1. The second kappa shape index (κ2) is 6.26. The van der Waals surface area contributed by atoms with Gasteiger partial charge in [-0.3, -0.25) is 4.79 Å². The number of carbonyl (C=O) groups is 1. The molecule has 1 aromatic rings. The van der Waals surface area contributed by atoms with Crippen LogP contribution >= 0.6 is 0 Å². The largest absolute Gasteiger partial charge is 0.507 e. The Hall–Kier alpha value is -1.75. The number of phenols is 1. The fourth-order valence-electron chi connectivity index (χ4n) is 1.35. The second-order valence-electron chi connectivity index (χ2n) is 4.40. The van der Waals surface area contributed by atoms with Crippen molar-refractivity contribution in [1.82, 2.24) is 5.32 Å². The van der Waals surface area contributed by atoms with E-state index in [9.17, 15) is 15.0 Å². The van der Waals surface area contributed by atoms with Gasteiger partial charge in [-0.05, 0) is 24.1 Å². The maximum Gasteiger partial charge on any atom is 0.255 e. The fourth-order valence-corrected chi connectivity index (χ4v) is 1.35. The molecule has 0 aliphatic heterocycles. The van der Waals surface area contributed by atoms with Crippen molar-refractivity contribution in [2.75, 3.05) is 13.7 Å². The lowest BCUT2D eigenvalue weighted by atomic mass is 10.1. The van der Waals surface area contributed by atoms with Crippen LogP contribution in [0.5, 0.6) is 11.5 Å². The molecule has 0 aromatic heterocycles. The number of amides is 1. The highest BCUT2D eigenvalue weighted by molar-refractivity contribution is 5.97. The summed E-state index contributed by atoms with van der Waals surface area (Å²) in [7, 11) is 1.48. The Labute approximate surface area is 106 Å². The first-order valence-electron chi connectivity index (χ1n) is 5.79. The van der Waals surface area contributed by atoms with Crippen LogP contribution in [-0.2, 0) is 0 Å². The lowest BCUT2D eigenvalue weighted by Crippen LogP contribution is -2.34. The summed E-state index contributed by atoms with van der Waals surface area (Å²) in [6, 6.07) is 4.41. The smallest absolute Gasteiger partial charge is 0.255 e. The van der Waals surface area contributed by atoms with Crippen LogP contribution in [-0.4, -0.2) is 35.9 Å². The fraction of sp³-hybridized carbons (Fsp3) is 0.462. The molecule has 0 aliphatic rings. The van der Waals surface area contributed by atoms with Gasteiger partial charge in [0.2, 0.25) is 0 Å². The predicted molar refractivity (Wildman–Crippen MR) is 67.8 cm³/mol. The number of rotatable bonds is 5. The zero-order valence-electron chi connectivity index (χ0n) is 10.8. The average Bonchev–Trinajstić information content (AvgIpc) is 2.35. The monoisotopic (exact) mass is 253 g/mol. The Bertz CT molecular complexity index is 417. The van der Waals surface area contributed by atoms with Crippen molar-refractivity contribution >= 4 is 5.91 Å². The van der Waals surface area contributed by atoms with Gasteiger partial charge in [0.25, 0.3) is 5.91 Å².